The van der Waals surface area contributed by atoms with Crippen LogP contribution in [0.1, 0.15) is 79.6 Å². The third-order valence-electron chi connectivity index (χ3n) is 5.64. The Bertz CT molecular complexity index is 255. The van der Waals surface area contributed by atoms with Crippen molar-refractivity contribution in [3.63, 3.8) is 0 Å². The molecule has 0 aromatic rings. The lowest BCUT2D eigenvalue weighted by Crippen LogP contribution is -2.26. The lowest BCUT2D eigenvalue weighted by Gasteiger charge is -2.34. The molecule has 2 bridgehead atoms. The summed E-state index contributed by atoms with van der Waals surface area (Å²) in [6.45, 7) is 11.9. The number of hydrogen-bond donors (Lipinski definition) is 0. The quantitative estimate of drug-likeness (QED) is 0.461. The van der Waals surface area contributed by atoms with Gasteiger partial charge in [-0.05, 0) is 79.6 Å². The van der Waals surface area contributed by atoms with E-state index in [9.17, 15) is 0 Å². The van der Waals surface area contributed by atoms with Crippen molar-refractivity contribution in [2.45, 2.75) is 79.6 Å². The normalized spacial score (nSPS) is 28.9. The maximum Gasteiger partial charge on any atom is -0.00704 e. The zero-order valence-corrected chi connectivity index (χ0v) is 16.3. The standard InChI is InChI=1S/C15H28.C5H12S/c1-10(2)7-14(11(3)4)15-9-12-5-6-13(15)8-12;1-3-4-5-6-2/h10-15H,5-9H2,1-4H3;3-5H2,1-2H3. The molecule has 0 aliphatic heterocycles. The van der Waals surface area contributed by atoms with E-state index in [1.54, 1.807) is 25.7 Å². The Morgan fingerprint density at radius 2 is 1.76 bits per heavy atom. The largest absolute Gasteiger partial charge is 0.165 e. The van der Waals surface area contributed by atoms with Crippen LogP contribution in [0.3, 0.4) is 0 Å². The van der Waals surface area contributed by atoms with E-state index in [0.29, 0.717) is 0 Å². The fourth-order valence-electron chi connectivity index (χ4n) is 4.59. The van der Waals surface area contributed by atoms with Crippen LogP contribution in [0.4, 0.5) is 0 Å². The van der Waals surface area contributed by atoms with Gasteiger partial charge in [-0.3, -0.25) is 0 Å². The zero-order valence-electron chi connectivity index (χ0n) is 15.5. The van der Waals surface area contributed by atoms with E-state index in [-0.39, 0.29) is 0 Å². The molecule has 126 valence electrons. The highest BCUT2D eigenvalue weighted by Crippen LogP contribution is 2.53. The molecule has 2 fully saturated rings. The second-order valence-corrected chi connectivity index (χ2v) is 9.21. The average Bonchev–Trinajstić information content (AvgIpc) is 3.05. The Kier molecular flexibility index (Phi) is 9.41. The summed E-state index contributed by atoms with van der Waals surface area (Å²) in [5.74, 6) is 7.45. The predicted octanol–water partition coefficient (Wildman–Crippen LogP) is 6.89. The van der Waals surface area contributed by atoms with Crippen LogP contribution in [0, 0.1) is 35.5 Å². The highest BCUT2D eigenvalue weighted by atomic mass is 32.2. The molecular weight excluding hydrogens is 272 g/mol. The van der Waals surface area contributed by atoms with Crippen molar-refractivity contribution >= 4 is 11.8 Å². The van der Waals surface area contributed by atoms with Crippen molar-refractivity contribution in [1.29, 1.82) is 0 Å². The Hall–Kier alpha value is 0.350. The molecule has 0 radical (unpaired) electrons. The summed E-state index contributed by atoms with van der Waals surface area (Å²) in [7, 11) is 0. The molecular formula is C20H40S. The molecule has 0 heterocycles. The van der Waals surface area contributed by atoms with Gasteiger partial charge in [0, 0.05) is 0 Å². The van der Waals surface area contributed by atoms with Gasteiger partial charge in [0.1, 0.15) is 0 Å². The molecule has 0 saturated heterocycles. The SMILES string of the molecule is CC(C)CC(C(C)C)C1CC2CCC1C2.CCCCSC. The van der Waals surface area contributed by atoms with E-state index < -0.39 is 0 Å². The van der Waals surface area contributed by atoms with Gasteiger partial charge < -0.3 is 0 Å². The van der Waals surface area contributed by atoms with Crippen molar-refractivity contribution < 1.29 is 0 Å². The van der Waals surface area contributed by atoms with E-state index in [0.717, 1.165) is 35.5 Å². The van der Waals surface area contributed by atoms with Crippen molar-refractivity contribution in [1.82, 2.24) is 0 Å². The first kappa shape index (κ1) is 19.4. The maximum atomic E-state index is 2.44. The minimum Gasteiger partial charge on any atom is -0.165 e. The highest BCUT2D eigenvalue weighted by Gasteiger charge is 2.43. The van der Waals surface area contributed by atoms with E-state index in [4.69, 9.17) is 0 Å². The van der Waals surface area contributed by atoms with Gasteiger partial charge in [-0.15, -0.1) is 0 Å². The predicted molar refractivity (Wildman–Crippen MR) is 100 cm³/mol. The fourth-order valence-corrected chi connectivity index (χ4v) is 5.17. The van der Waals surface area contributed by atoms with Gasteiger partial charge in [-0.1, -0.05) is 47.5 Å². The second kappa shape index (κ2) is 10.2. The van der Waals surface area contributed by atoms with Crippen LogP contribution in [-0.2, 0) is 0 Å². The van der Waals surface area contributed by atoms with E-state index in [1.165, 1.54) is 25.0 Å². The van der Waals surface area contributed by atoms with Crippen molar-refractivity contribution in [2.24, 2.45) is 35.5 Å². The summed E-state index contributed by atoms with van der Waals surface area (Å²) in [6, 6.07) is 0. The number of fused-ring (bicyclic) bond motifs is 2. The maximum absolute atomic E-state index is 2.44. The number of hydrogen-bond acceptors (Lipinski definition) is 1. The zero-order chi connectivity index (χ0) is 15.8. The second-order valence-electron chi connectivity index (χ2n) is 8.22. The van der Waals surface area contributed by atoms with Gasteiger partial charge in [0.15, 0.2) is 0 Å². The van der Waals surface area contributed by atoms with Gasteiger partial charge >= 0.3 is 0 Å². The lowest BCUT2D eigenvalue weighted by atomic mass is 9.71. The van der Waals surface area contributed by atoms with E-state index in [1.807, 2.05) is 11.8 Å². The minimum absolute atomic E-state index is 0.886. The molecule has 0 aromatic carbocycles. The Labute approximate surface area is 139 Å². The van der Waals surface area contributed by atoms with Crippen LogP contribution in [0.2, 0.25) is 0 Å². The van der Waals surface area contributed by atoms with Gasteiger partial charge in [-0.25, -0.2) is 0 Å². The van der Waals surface area contributed by atoms with Crippen LogP contribution in [0.25, 0.3) is 0 Å². The number of unbranched alkanes of at least 4 members (excludes halogenated alkanes) is 1. The topological polar surface area (TPSA) is 0 Å². The Morgan fingerprint density at radius 1 is 1.05 bits per heavy atom. The molecule has 1 heteroatoms. The summed E-state index contributed by atoms with van der Waals surface area (Å²) < 4.78 is 0. The number of thioether (sulfide) groups is 1. The summed E-state index contributed by atoms with van der Waals surface area (Å²) in [4.78, 5) is 0. The van der Waals surface area contributed by atoms with Crippen LogP contribution in [0.5, 0.6) is 0 Å². The molecule has 0 amide bonds. The van der Waals surface area contributed by atoms with E-state index >= 15 is 0 Å². The van der Waals surface area contributed by atoms with Gasteiger partial charge in [0.05, 0.1) is 0 Å². The van der Waals surface area contributed by atoms with Crippen LogP contribution < -0.4 is 0 Å². The molecule has 4 unspecified atom stereocenters. The molecule has 0 spiro atoms. The fraction of sp³-hybridized carbons (Fsp3) is 1.00. The van der Waals surface area contributed by atoms with Crippen molar-refractivity contribution in [2.75, 3.05) is 12.0 Å². The summed E-state index contributed by atoms with van der Waals surface area (Å²) in [6.07, 6.45) is 12.6. The number of rotatable bonds is 7. The summed E-state index contributed by atoms with van der Waals surface area (Å²) >= 11 is 1.93. The van der Waals surface area contributed by atoms with Gasteiger partial charge in [0.25, 0.3) is 0 Å². The lowest BCUT2D eigenvalue weighted by molar-refractivity contribution is 0.153. The first-order valence-electron chi connectivity index (χ1n) is 9.48. The molecule has 2 rings (SSSR count). The molecule has 0 nitrogen and oxygen atoms in total. The van der Waals surface area contributed by atoms with Crippen LogP contribution in [0.15, 0.2) is 0 Å². The van der Waals surface area contributed by atoms with E-state index in [2.05, 4.69) is 40.9 Å². The average molecular weight is 313 g/mol. The van der Waals surface area contributed by atoms with Crippen LogP contribution in [-0.4, -0.2) is 12.0 Å². The van der Waals surface area contributed by atoms with Gasteiger partial charge in [-0.2, -0.15) is 11.8 Å². The molecule has 2 aliphatic rings. The van der Waals surface area contributed by atoms with Crippen molar-refractivity contribution in [3.8, 4) is 0 Å². The molecule has 21 heavy (non-hydrogen) atoms. The molecule has 4 atom stereocenters. The third kappa shape index (κ3) is 6.55. The monoisotopic (exact) mass is 312 g/mol. The molecule has 0 aromatic heterocycles. The molecule has 2 saturated carbocycles. The Balaban J connectivity index is 0.000000315. The summed E-state index contributed by atoms with van der Waals surface area (Å²) in [5.41, 5.74) is 0. The first-order chi connectivity index (χ1) is 9.99. The smallest absolute Gasteiger partial charge is 0.00704 e. The molecule has 0 N–H and O–H groups in total. The third-order valence-corrected chi connectivity index (χ3v) is 6.34. The highest BCUT2D eigenvalue weighted by molar-refractivity contribution is 7.98. The minimum atomic E-state index is 0.886. The summed E-state index contributed by atoms with van der Waals surface area (Å²) in [5, 5.41) is 0. The van der Waals surface area contributed by atoms with Crippen LogP contribution >= 0.6 is 11.8 Å². The molecule has 2 aliphatic carbocycles. The Morgan fingerprint density at radius 3 is 2.10 bits per heavy atom. The first-order valence-corrected chi connectivity index (χ1v) is 10.9. The van der Waals surface area contributed by atoms with Crippen molar-refractivity contribution in [3.05, 3.63) is 0 Å². The van der Waals surface area contributed by atoms with Gasteiger partial charge in [0.2, 0.25) is 0 Å².